The number of ether oxygens (including phenoxy) is 2. The lowest BCUT2D eigenvalue weighted by atomic mass is 9.96. The smallest absolute Gasteiger partial charge is 0.434 e. The summed E-state index contributed by atoms with van der Waals surface area (Å²) in [5, 5.41) is 0. The van der Waals surface area contributed by atoms with Crippen molar-refractivity contribution in [3.05, 3.63) is 29.3 Å². The molecule has 0 aliphatic heterocycles. The summed E-state index contributed by atoms with van der Waals surface area (Å²) in [7, 11) is 0. The average Bonchev–Trinajstić information content (AvgIpc) is 2.61. The van der Waals surface area contributed by atoms with Crippen molar-refractivity contribution in [2.75, 3.05) is 6.61 Å². The Bertz CT molecular complexity index is 482. The molecule has 3 heteroatoms. The van der Waals surface area contributed by atoms with Gasteiger partial charge in [0.1, 0.15) is 5.75 Å². The molecule has 0 heterocycles. The van der Waals surface area contributed by atoms with Crippen molar-refractivity contribution in [3.63, 3.8) is 0 Å². The monoisotopic (exact) mass is 348 g/mol. The van der Waals surface area contributed by atoms with Crippen molar-refractivity contribution in [2.45, 2.75) is 91.4 Å². The van der Waals surface area contributed by atoms with E-state index in [0.717, 1.165) is 38.5 Å². The molecule has 0 bridgehead atoms. The van der Waals surface area contributed by atoms with Gasteiger partial charge in [0.2, 0.25) is 0 Å². The molecule has 0 amide bonds. The molecule has 0 N–H and O–H groups in total. The van der Waals surface area contributed by atoms with E-state index in [2.05, 4.69) is 26.8 Å². The van der Waals surface area contributed by atoms with Gasteiger partial charge in [0.05, 0.1) is 6.61 Å². The first kappa shape index (κ1) is 21.5. The highest BCUT2D eigenvalue weighted by atomic mass is 16.7. The standard InChI is InChI=1S/C22H36O3/c1-4-7-10-14-19-15-13-17-21(20(19)16-11-8-5-2)25-22(23)24-18-12-9-6-3/h13,15,17H,4-12,14,16,18H2,1-3H3. The summed E-state index contributed by atoms with van der Waals surface area (Å²) >= 11 is 0. The van der Waals surface area contributed by atoms with Gasteiger partial charge < -0.3 is 9.47 Å². The third kappa shape index (κ3) is 8.94. The maximum Gasteiger partial charge on any atom is 0.513 e. The molecule has 1 aromatic carbocycles. The van der Waals surface area contributed by atoms with Crippen molar-refractivity contribution < 1.29 is 14.3 Å². The van der Waals surface area contributed by atoms with E-state index in [0.29, 0.717) is 12.4 Å². The van der Waals surface area contributed by atoms with Crippen LogP contribution in [0.1, 0.15) is 89.7 Å². The van der Waals surface area contributed by atoms with Crippen LogP contribution < -0.4 is 4.74 Å². The fraction of sp³-hybridized carbons (Fsp3) is 0.682. The number of unbranched alkanes of at least 4 members (excludes halogenated alkanes) is 6. The fourth-order valence-electron chi connectivity index (χ4n) is 2.97. The second-order valence-electron chi connectivity index (χ2n) is 6.72. The highest BCUT2D eigenvalue weighted by Gasteiger charge is 2.13. The molecule has 0 radical (unpaired) electrons. The first-order valence-corrected chi connectivity index (χ1v) is 10.2. The molecule has 0 fully saturated rings. The van der Waals surface area contributed by atoms with Gasteiger partial charge in [-0.25, -0.2) is 4.79 Å². The van der Waals surface area contributed by atoms with Gasteiger partial charge >= 0.3 is 6.16 Å². The van der Waals surface area contributed by atoms with Gasteiger partial charge in [-0.1, -0.05) is 71.4 Å². The SMILES string of the molecule is CCCCCOC(=O)Oc1cccc(CCCCC)c1CCCCC. The minimum atomic E-state index is -0.571. The van der Waals surface area contributed by atoms with Crippen LogP contribution >= 0.6 is 0 Å². The molecule has 3 nitrogen and oxygen atoms in total. The Hall–Kier alpha value is -1.51. The van der Waals surface area contributed by atoms with Gasteiger partial charge in [0, 0.05) is 0 Å². The van der Waals surface area contributed by atoms with Crippen LogP contribution in [-0.2, 0) is 17.6 Å². The molecular weight excluding hydrogens is 312 g/mol. The predicted molar refractivity (Wildman–Crippen MR) is 104 cm³/mol. The van der Waals surface area contributed by atoms with Gasteiger partial charge in [-0.15, -0.1) is 0 Å². The lowest BCUT2D eigenvalue weighted by molar-refractivity contribution is 0.0970. The van der Waals surface area contributed by atoms with E-state index < -0.39 is 6.16 Å². The van der Waals surface area contributed by atoms with Gasteiger partial charge in [0.15, 0.2) is 0 Å². The van der Waals surface area contributed by atoms with Gasteiger partial charge in [-0.3, -0.25) is 0 Å². The Morgan fingerprint density at radius 2 is 1.48 bits per heavy atom. The number of hydrogen-bond donors (Lipinski definition) is 0. The normalized spacial score (nSPS) is 10.7. The molecule has 0 saturated heterocycles. The number of hydrogen-bond acceptors (Lipinski definition) is 3. The molecule has 0 spiro atoms. The van der Waals surface area contributed by atoms with E-state index in [1.54, 1.807) is 0 Å². The average molecular weight is 349 g/mol. The van der Waals surface area contributed by atoms with Crippen molar-refractivity contribution in [2.24, 2.45) is 0 Å². The Balaban J connectivity index is 2.73. The third-order valence-corrected chi connectivity index (χ3v) is 4.47. The summed E-state index contributed by atoms with van der Waals surface area (Å²) in [6.45, 7) is 6.99. The van der Waals surface area contributed by atoms with Crippen molar-refractivity contribution in [3.8, 4) is 5.75 Å². The lowest BCUT2D eigenvalue weighted by Gasteiger charge is -2.15. The summed E-state index contributed by atoms with van der Waals surface area (Å²) in [6.07, 6.45) is 11.7. The summed E-state index contributed by atoms with van der Waals surface area (Å²) in [5.41, 5.74) is 2.51. The van der Waals surface area contributed by atoms with Crippen molar-refractivity contribution in [1.29, 1.82) is 0 Å². The summed E-state index contributed by atoms with van der Waals surface area (Å²) < 4.78 is 10.7. The first-order valence-electron chi connectivity index (χ1n) is 10.2. The van der Waals surface area contributed by atoms with Gasteiger partial charge in [0.25, 0.3) is 0 Å². The van der Waals surface area contributed by atoms with Gasteiger partial charge in [-0.2, -0.15) is 0 Å². The van der Waals surface area contributed by atoms with Crippen LogP contribution in [0.15, 0.2) is 18.2 Å². The quantitative estimate of drug-likeness (QED) is 0.222. The second kappa shape index (κ2) is 13.7. The van der Waals surface area contributed by atoms with E-state index in [4.69, 9.17) is 9.47 Å². The molecule has 0 unspecified atom stereocenters. The van der Waals surface area contributed by atoms with Crippen LogP contribution in [0.4, 0.5) is 4.79 Å². The lowest BCUT2D eigenvalue weighted by Crippen LogP contribution is -2.13. The first-order chi connectivity index (χ1) is 12.2. The largest absolute Gasteiger partial charge is 0.513 e. The number of benzene rings is 1. The zero-order valence-corrected chi connectivity index (χ0v) is 16.4. The Labute approximate surface area is 154 Å². The van der Waals surface area contributed by atoms with E-state index in [-0.39, 0.29) is 0 Å². The topological polar surface area (TPSA) is 35.5 Å². The molecule has 25 heavy (non-hydrogen) atoms. The number of aryl methyl sites for hydroxylation is 1. The Kier molecular flexibility index (Phi) is 11.8. The fourth-order valence-corrected chi connectivity index (χ4v) is 2.97. The second-order valence-corrected chi connectivity index (χ2v) is 6.72. The van der Waals surface area contributed by atoms with Crippen LogP contribution in [0.5, 0.6) is 5.75 Å². The zero-order valence-electron chi connectivity index (χ0n) is 16.4. The Morgan fingerprint density at radius 3 is 2.16 bits per heavy atom. The number of carbonyl (C=O) groups excluding carboxylic acids is 1. The molecule has 0 aliphatic rings. The zero-order chi connectivity index (χ0) is 18.3. The summed E-state index contributed by atoms with van der Waals surface area (Å²) in [5.74, 6) is 0.686. The molecule has 1 aromatic rings. The van der Waals surface area contributed by atoms with Crippen LogP contribution in [0.3, 0.4) is 0 Å². The highest BCUT2D eigenvalue weighted by molar-refractivity contribution is 5.65. The highest BCUT2D eigenvalue weighted by Crippen LogP contribution is 2.27. The minimum absolute atomic E-state index is 0.439. The van der Waals surface area contributed by atoms with Crippen LogP contribution in [0, 0.1) is 0 Å². The number of carbonyl (C=O) groups is 1. The van der Waals surface area contributed by atoms with Crippen LogP contribution in [0.25, 0.3) is 0 Å². The molecule has 142 valence electrons. The Morgan fingerprint density at radius 1 is 0.840 bits per heavy atom. The minimum Gasteiger partial charge on any atom is -0.434 e. The maximum atomic E-state index is 12.0. The van der Waals surface area contributed by atoms with Crippen LogP contribution in [0.2, 0.25) is 0 Å². The molecule has 0 aliphatic carbocycles. The van der Waals surface area contributed by atoms with Crippen molar-refractivity contribution >= 4 is 6.16 Å². The van der Waals surface area contributed by atoms with Gasteiger partial charge in [-0.05, 0) is 49.3 Å². The molecule has 0 atom stereocenters. The summed E-state index contributed by atoms with van der Waals surface area (Å²) in [4.78, 5) is 12.0. The van der Waals surface area contributed by atoms with E-state index in [1.165, 1.54) is 43.2 Å². The van der Waals surface area contributed by atoms with E-state index >= 15 is 0 Å². The molecule has 1 rings (SSSR count). The van der Waals surface area contributed by atoms with E-state index in [1.807, 2.05) is 12.1 Å². The molecular formula is C22H36O3. The number of rotatable bonds is 13. The predicted octanol–water partition coefficient (Wildman–Crippen LogP) is 6.86. The van der Waals surface area contributed by atoms with E-state index in [9.17, 15) is 4.79 Å². The molecule has 0 saturated carbocycles. The van der Waals surface area contributed by atoms with Crippen LogP contribution in [-0.4, -0.2) is 12.8 Å². The molecule has 0 aromatic heterocycles. The summed E-state index contributed by atoms with van der Waals surface area (Å²) in [6, 6.07) is 6.07. The third-order valence-electron chi connectivity index (χ3n) is 4.47. The van der Waals surface area contributed by atoms with Crippen molar-refractivity contribution in [1.82, 2.24) is 0 Å². The maximum absolute atomic E-state index is 12.0.